The predicted molar refractivity (Wildman–Crippen MR) is 79.1 cm³/mol. The van der Waals surface area contributed by atoms with Gasteiger partial charge in [-0.3, -0.25) is 9.69 Å². The van der Waals surface area contributed by atoms with Crippen LogP contribution in [0.15, 0.2) is 0 Å². The lowest BCUT2D eigenvalue weighted by Crippen LogP contribution is -2.51. The highest BCUT2D eigenvalue weighted by Crippen LogP contribution is 2.33. The lowest BCUT2D eigenvalue weighted by molar-refractivity contribution is -0.137. The summed E-state index contributed by atoms with van der Waals surface area (Å²) in [7, 11) is 1.69. The second-order valence-corrected chi connectivity index (χ2v) is 6.21. The maximum Gasteiger partial charge on any atom is 0.236 e. The van der Waals surface area contributed by atoms with Crippen molar-refractivity contribution in [2.45, 2.75) is 19.3 Å². The van der Waals surface area contributed by atoms with E-state index in [9.17, 15) is 9.90 Å². The number of likely N-dealkylation sites (tertiary alicyclic amines) is 1. The van der Waals surface area contributed by atoms with Crippen LogP contribution in [-0.4, -0.2) is 87.1 Å². The highest BCUT2D eigenvalue weighted by molar-refractivity contribution is 5.78. The van der Waals surface area contributed by atoms with Crippen molar-refractivity contribution in [3.8, 4) is 0 Å². The van der Waals surface area contributed by atoms with E-state index < -0.39 is 0 Å². The molecule has 2 aliphatic heterocycles. The Hall–Kier alpha value is -0.690. The zero-order valence-electron chi connectivity index (χ0n) is 13.1. The van der Waals surface area contributed by atoms with E-state index in [2.05, 4.69) is 4.90 Å². The summed E-state index contributed by atoms with van der Waals surface area (Å²) in [5.41, 5.74) is -0.112. The number of nitrogens with zero attached hydrogens (tertiary/aromatic N) is 2. The van der Waals surface area contributed by atoms with Gasteiger partial charge in [-0.15, -0.1) is 0 Å². The fraction of sp³-hybridized carbons (Fsp3) is 0.933. The van der Waals surface area contributed by atoms with E-state index in [0.29, 0.717) is 39.5 Å². The third kappa shape index (κ3) is 4.64. The van der Waals surface area contributed by atoms with E-state index >= 15 is 0 Å². The molecule has 2 fully saturated rings. The molecule has 1 atom stereocenters. The van der Waals surface area contributed by atoms with Crippen LogP contribution >= 0.6 is 0 Å². The van der Waals surface area contributed by atoms with Gasteiger partial charge in [0.05, 0.1) is 26.4 Å². The Bertz CT molecular complexity index is 334. The van der Waals surface area contributed by atoms with Crippen LogP contribution in [0.5, 0.6) is 0 Å². The summed E-state index contributed by atoms with van der Waals surface area (Å²) < 4.78 is 10.4. The van der Waals surface area contributed by atoms with Crippen molar-refractivity contribution in [2.24, 2.45) is 5.41 Å². The standard InChI is InChI=1S/C15H28N2O4/c1-20-8-4-15(13-18)3-2-5-16(12-15)11-14(19)17-6-9-21-10-7-17/h18H,2-13H2,1H3. The molecule has 6 nitrogen and oxygen atoms in total. The molecule has 2 heterocycles. The number of carbonyl (C=O) groups excluding carboxylic acids is 1. The Morgan fingerprint density at radius 2 is 2.10 bits per heavy atom. The van der Waals surface area contributed by atoms with Gasteiger partial charge in [0.25, 0.3) is 0 Å². The smallest absolute Gasteiger partial charge is 0.236 e. The summed E-state index contributed by atoms with van der Waals surface area (Å²) in [4.78, 5) is 16.4. The van der Waals surface area contributed by atoms with E-state index in [1.54, 1.807) is 7.11 Å². The number of aliphatic hydroxyl groups excluding tert-OH is 1. The molecule has 1 N–H and O–H groups in total. The Morgan fingerprint density at radius 3 is 2.76 bits per heavy atom. The highest BCUT2D eigenvalue weighted by Gasteiger charge is 2.35. The number of ether oxygens (including phenoxy) is 2. The van der Waals surface area contributed by atoms with Crippen LogP contribution in [0.25, 0.3) is 0 Å². The first-order valence-corrected chi connectivity index (χ1v) is 7.87. The van der Waals surface area contributed by atoms with Crippen molar-refractivity contribution in [1.29, 1.82) is 0 Å². The number of morpholine rings is 1. The zero-order valence-corrected chi connectivity index (χ0v) is 13.1. The molecule has 0 radical (unpaired) electrons. The summed E-state index contributed by atoms with van der Waals surface area (Å²) >= 11 is 0. The van der Waals surface area contributed by atoms with E-state index in [1.807, 2.05) is 4.90 Å². The third-order valence-corrected chi connectivity index (χ3v) is 4.64. The van der Waals surface area contributed by atoms with Gasteiger partial charge in [0.2, 0.25) is 5.91 Å². The predicted octanol–water partition coefficient (Wildman–Crippen LogP) is -0.0438. The maximum absolute atomic E-state index is 12.3. The van der Waals surface area contributed by atoms with E-state index in [0.717, 1.165) is 32.4 Å². The number of carbonyl (C=O) groups is 1. The van der Waals surface area contributed by atoms with Gasteiger partial charge in [0.15, 0.2) is 0 Å². The van der Waals surface area contributed by atoms with Gasteiger partial charge in [0, 0.05) is 38.8 Å². The summed E-state index contributed by atoms with van der Waals surface area (Å²) in [6.07, 6.45) is 2.89. The van der Waals surface area contributed by atoms with Crippen LogP contribution < -0.4 is 0 Å². The fourth-order valence-corrected chi connectivity index (χ4v) is 3.28. The van der Waals surface area contributed by atoms with Crippen molar-refractivity contribution < 1.29 is 19.4 Å². The quantitative estimate of drug-likeness (QED) is 0.745. The van der Waals surface area contributed by atoms with E-state index in [4.69, 9.17) is 9.47 Å². The van der Waals surface area contributed by atoms with Gasteiger partial charge in [0.1, 0.15) is 0 Å². The van der Waals surface area contributed by atoms with Crippen LogP contribution in [0.1, 0.15) is 19.3 Å². The van der Waals surface area contributed by atoms with Crippen molar-refractivity contribution in [2.75, 3.05) is 66.3 Å². The molecule has 0 aliphatic carbocycles. The first-order chi connectivity index (χ1) is 10.2. The van der Waals surface area contributed by atoms with Gasteiger partial charge in [-0.1, -0.05) is 0 Å². The third-order valence-electron chi connectivity index (χ3n) is 4.64. The molecule has 0 spiro atoms. The summed E-state index contributed by atoms with van der Waals surface area (Å²) in [5.74, 6) is 0.179. The van der Waals surface area contributed by atoms with Crippen molar-refractivity contribution >= 4 is 5.91 Å². The average Bonchev–Trinajstić information content (AvgIpc) is 2.54. The summed E-state index contributed by atoms with van der Waals surface area (Å²) in [6.45, 7) is 5.66. The number of aliphatic hydroxyl groups is 1. The molecular weight excluding hydrogens is 272 g/mol. The normalized spacial score (nSPS) is 27.8. The van der Waals surface area contributed by atoms with Crippen LogP contribution in [0, 0.1) is 5.41 Å². The zero-order chi connectivity index (χ0) is 15.1. The van der Waals surface area contributed by atoms with E-state index in [-0.39, 0.29) is 17.9 Å². The van der Waals surface area contributed by atoms with Crippen molar-refractivity contribution in [3.05, 3.63) is 0 Å². The van der Waals surface area contributed by atoms with Gasteiger partial charge >= 0.3 is 0 Å². The van der Waals surface area contributed by atoms with Crippen molar-refractivity contribution in [3.63, 3.8) is 0 Å². The first kappa shape index (κ1) is 16.7. The molecule has 0 bridgehead atoms. The summed E-state index contributed by atoms with van der Waals surface area (Å²) in [6, 6.07) is 0. The molecule has 2 rings (SSSR count). The monoisotopic (exact) mass is 300 g/mol. The fourth-order valence-electron chi connectivity index (χ4n) is 3.28. The first-order valence-electron chi connectivity index (χ1n) is 7.87. The molecular formula is C15H28N2O4. The number of hydrogen-bond acceptors (Lipinski definition) is 5. The highest BCUT2D eigenvalue weighted by atomic mass is 16.5. The number of amides is 1. The topological polar surface area (TPSA) is 62.2 Å². The lowest BCUT2D eigenvalue weighted by Gasteiger charge is -2.42. The Kier molecular flexibility index (Phi) is 6.41. The summed E-state index contributed by atoms with van der Waals surface area (Å²) in [5, 5.41) is 9.77. The number of rotatable bonds is 6. The maximum atomic E-state index is 12.3. The van der Waals surface area contributed by atoms with Crippen LogP contribution in [-0.2, 0) is 14.3 Å². The molecule has 2 aliphatic rings. The second-order valence-electron chi connectivity index (χ2n) is 6.21. The van der Waals surface area contributed by atoms with E-state index in [1.165, 1.54) is 0 Å². The Labute approximate surface area is 127 Å². The molecule has 0 aromatic carbocycles. The molecule has 0 saturated carbocycles. The van der Waals surface area contributed by atoms with Crippen molar-refractivity contribution in [1.82, 2.24) is 9.80 Å². The van der Waals surface area contributed by atoms with Gasteiger partial charge in [-0.25, -0.2) is 0 Å². The molecule has 122 valence electrons. The minimum absolute atomic E-state index is 0.112. The molecule has 6 heteroatoms. The molecule has 1 amide bonds. The van der Waals surface area contributed by atoms with Crippen LogP contribution in [0.4, 0.5) is 0 Å². The van der Waals surface area contributed by atoms with Crippen LogP contribution in [0.3, 0.4) is 0 Å². The van der Waals surface area contributed by atoms with Gasteiger partial charge < -0.3 is 19.5 Å². The second kappa shape index (κ2) is 8.08. The molecule has 21 heavy (non-hydrogen) atoms. The molecule has 1 unspecified atom stereocenters. The minimum atomic E-state index is -0.112. The average molecular weight is 300 g/mol. The lowest BCUT2D eigenvalue weighted by atomic mass is 9.78. The molecule has 0 aromatic heterocycles. The Balaban J connectivity index is 1.86. The largest absolute Gasteiger partial charge is 0.396 e. The number of piperidine rings is 1. The molecule has 2 saturated heterocycles. The number of hydrogen-bond donors (Lipinski definition) is 1. The van der Waals surface area contributed by atoms with Gasteiger partial charge in [-0.05, 0) is 25.8 Å². The number of methoxy groups -OCH3 is 1. The SMILES string of the molecule is COCCC1(CO)CCCN(CC(=O)N2CCOCC2)C1. The van der Waals surface area contributed by atoms with Crippen LogP contribution in [0.2, 0.25) is 0 Å². The minimum Gasteiger partial charge on any atom is -0.396 e. The Morgan fingerprint density at radius 1 is 1.33 bits per heavy atom. The molecule has 0 aromatic rings. The van der Waals surface area contributed by atoms with Gasteiger partial charge in [-0.2, -0.15) is 0 Å².